The third-order valence-electron chi connectivity index (χ3n) is 6.21. The van der Waals surface area contributed by atoms with Crippen molar-refractivity contribution in [2.75, 3.05) is 54.4 Å². The van der Waals surface area contributed by atoms with Crippen molar-refractivity contribution in [2.24, 2.45) is 0 Å². The molecule has 2 aliphatic heterocycles. The Bertz CT molecular complexity index is 1060. The van der Waals surface area contributed by atoms with Crippen LogP contribution in [-0.2, 0) is 0 Å². The third-order valence-corrected chi connectivity index (χ3v) is 6.21. The van der Waals surface area contributed by atoms with E-state index in [1.54, 1.807) is 6.33 Å². The molecule has 2 aromatic carbocycles. The number of aromatic nitrogens is 2. The van der Waals surface area contributed by atoms with Crippen LogP contribution in [0.25, 0.3) is 10.8 Å². The maximum Gasteiger partial charge on any atom is 0.321 e. The number of fused-ring (bicyclic) bond motifs is 1. The van der Waals surface area contributed by atoms with Crippen molar-refractivity contribution in [2.45, 2.75) is 19.3 Å². The SMILES string of the molecule is O=C(Nc1ccc2ccccc2c1)N1CCN(c2cc(N3CCCCC3)ncn2)CC1. The van der Waals surface area contributed by atoms with E-state index in [9.17, 15) is 4.79 Å². The predicted octanol–water partition coefficient (Wildman–Crippen LogP) is 3.97. The number of hydrogen-bond donors (Lipinski definition) is 1. The van der Waals surface area contributed by atoms with Gasteiger partial charge < -0.3 is 20.0 Å². The maximum absolute atomic E-state index is 12.8. The summed E-state index contributed by atoms with van der Waals surface area (Å²) in [4.78, 5) is 28.2. The van der Waals surface area contributed by atoms with E-state index >= 15 is 0 Å². The highest BCUT2D eigenvalue weighted by molar-refractivity contribution is 5.93. The van der Waals surface area contributed by atoms with Gasteiger partial charge in [0.1, 0.15) is 18.0 Å². The van der Waals surface area contributed by atoms with Crippen molar-refractivity contribution < 1.29 is 4.79 Å². The van der Waals surface area contributed by atoms with E-state index in [1.807, 2.05) is 35.2 Å². The number of carbonyl (C=O) groups is 1. The van der Waals surface area contributed by atoms with E-state index < -0.39 is 0 Å². The lowest BCUT2D eigenvalue weighted by Crippen LogP contribution is -2.50. The minimum Gasteiger partial charge on any atom is -0.356 e. The highest BCUT2D eigenvalue weighted by Gasteiger charge is 2.23. The molecule has 0 aliphatic carbocycles. The average Bonchev–Trinajstić information content (AvgIpc) is 2.85. The Morgan fingerprint density at radius 3 is 2.16 bits per heavy atom. The Kier molecular flexibility index (Phi) is 5.56. The zero-order valence-electron chi connectivity index (χ0n) is 17.7. The minimum atomic E-state index is -0.0494. The summed E-state index contributed by atoms with van der Waals surface area (Å²) in [6.45, 7) is 5.01. The van der Waals surface area contributed by atoms with Gasteiger partial charge in [0.2, 0.25) is 0 Å². The summed E-state index contributed by atoms with van der Waals surface area (Å²) < 4.78 is 0. The Balaban J connectivity index is 1.19. The van der Waals surface area contributed by atoms with Crippen LogP contribution in [0, 0.1) is 0 Å². The lowest BCUT2D eigenvalue weighted by Gasteiger charge is -2.36. The minimum absolute atomic E-state index is 0.0494. The Morgan fingerprint density at radius 1 is 0.742 bits per heavy atom. The first-order valence-corrected chi connectivity index (χ1v) is 11.1. The number of piperazine rings is 1. The summed E-state index contributed by atoms with van der Waals surface area (Å²) >= 11 is 0. The maximum atomic E-state index is 12.8. The molecule has 2 saturated heterocycles. The number of amides is 2. The van der Waals surface area contributed by atoms with Gasteiger partial charge in [0.15, 0.2) is 0 Å². The third kappa shape index (κ3) is 4.40. The Morgan fingerprint density at radius 2 is 1.42 bits per heavy atom. The molecule has 7 heteroatoms. The molecule has 3 heterocycles. The van der Waals surface area contributed by atoms with E-state index in [-0.39, 0.29) is 6.03 Å². The number of rotatable bonds is 3. The second-order valence-corrected chi connectivity index (χ2v) is 8.25. The van der Waals surface area contributed by atoms with Crippen molar-refractivity contribution in [3.63, 3.8) is 0 Å². The zero-order valence-corrected chi connectivity index (χ0v) is 17.7. The molecule has 0 spiro atoms. The molecule has 7 nitrogen and oxygen atoms in total. The molecule has 160 valence electrons. The second-order valence-electron chi connectivity index (χ2n) is 8.25. The quantitative estimate of drug-likeness (QED) is 0.700. The lowest BCUT2D eigenvalue weighted by molar-refractivity contribution is 0.208. The van der Waals surface area contributed by atoms with Gasteiger partial charge in [0.05, 0.1) is 0 Å². The largest absolute Gasteiger partial charge is 0.356 e. The smallest absolute Gasteiger partial charge is 0.321 e. The van der Waals surface area contributed by atoms with E-state index in [2.05, 4.69) is 43.3 Å². The molecule has 2 fully saturated rings. The average molecular weight is 417 g/mol. The summed E-state index contributed by atoms with van der Waals surface area (Å²) in [6.07, 6.45) is 5.42. The lowest BCUT2D eigenvalue weighted by atomic mass is 10.1. The van der Waals surface area contributed by atoms with Crippen LogP contribution in [0.2, 0.25) is 0 Å². The van der Waals surface area contributed by atoms with Crippen LogP contribution in [0.1, 0.15) is 19.3 Å². The second kappa shape index (κ2) is 8.79. The highest BCUT2D eigenvalue weighted by Crippen LogP contribution is 2.23. The number of carbonyl (C=O) groups excluding carboxylic acids is 1. The first-order chi connectivity index (χ1) is 15.3. The normalized spacial score (nSPS) is 17.1. The molecule has 2 amide bonds. The fourth-order valence-corrected chi connectivity index (χ4v) is 4.41. The van der Waals surface area contributed by atoms with Crippen LogP contribution in [0.3, 0.4) is 0 Å². The fraction of sp³-hybridized carbons (Fsp3) is 0.375. The molecule has 0 radical (unpaired) electrons. The summed E-state index contributed by atoms with van der Waals surface area (Å²) in [5.74, 6) is 1.96. The van der Waals surface area contributed by atoms with Crippen molar-refractivity contribution in [3.05, 3.63) is 54.9 Å². The molecule has 0 unspecified atom stereocenters. The van der Waals surface area contributed by atoms with Crippen LogP contribution < -0.4 is 15.1 Å². The molecule has 1 N–H and O–H groups in total. The van der Waals surface area contributed by atoms with Crippen LogP contribution >= 0.6 is 0 Å². The fourth-order valence-electron chi connectivity index (χ4n) is 4.41. The van der Waals surface area contributed by atoms with Gasteiger partial charge in [0, 0.05) is 51.0 Å². The Hall–Kier alpha value is -3.35. The predicted molar refractivity (Wildman–Crippen MR) is 125 cm³/mol. The number of anilines is 3. The van der Waals surface area contributed by atoms with Crippen molar-refractivity contribution >= 4 is 34.1 Å². The monoisotopic (exact) mass is 416 g/mol. The molecule has 31 heavy (non-hydrogen) atoms. The zero-order chi connectivity index (χ0) is 21.0. The van der Waals surface area contributed by atoms with Crippen LogP contribution in [0.4, 0.5) is 22.1 Å². The van der Waals surface area contributed by atoms with Gasteiger partial charge in [-0.2, -0.15) is 0 Å². The van der Waals surface area contributed by atoms with E-state index in [0.717, 1.165) is 48.9 Å². The van der Waals surface area contributed by atoms with Gasteiger partial charge in [-0.05, 0) is 42.2 Å². The molecule has 5 rings (SSSR count). The van der Waals surface area contributed by atoms with Gasteiger partial charge >= 0.3 is 6.03 Å². The van der Waals surface area contributed by atoms with Crippen LogP contribution in [-0.4, -0.2) is 60.2 Å². The van der Waals surface area contributed by atoms with Crippen LogP contribution in [0.15, 0.2) is 54.9 Å². The molecule has 3 aromatic rings. The number of hydrogen-bond acceptors (Lipinski definition) is 5. The molecule has 2 aliphatic rings. The first-order valence-electron chi connectivity index (χ1n) is 11.1. The molecule has 0 saturated carbocycles. The van der Waals surface area contributed by atoms with E-state index in [1.165, 1.54) is 24.6 Å². The molecule has 1 aromatic heterocycles. The number of nitrogens with one attached hydrogen (secondary N) is 1. The Labute approximate surface area is 182 Å². The van der Waals surface area contributed by atoms with Crippen LogP contribution in [0.5, 0.6) is 0 Å². The summed E-state index contributed by atoms with van der Waals surface area (Å²) in [5, 5.41) is 5.34. The summed E-state index contributed by atoms with van der Waals surface area (Å²) in [6, 6.07) is 16.2. The van der Waals surface area contributed by atoms with Gasteiger partial charge in [-0.3, -0.25) is 0 Å². The summed E-state index contributed by atoms with van der Waals surface area (Å²) in [5.41, 5.74) is 0.827. The molecule has 0 bridgehead atoms. The first kappa shape index (κ1) is 19.6. The van der Waals surface area contributed by atoms with E-state index in [4.69, 9.17) is 0 Å². The number of benzene rings is 2. The molecular formula is C24H28N6O. The number of piperidine rings is 1. The topological polar surface area (TPSA) is 64.6 Å². The number of urea groups is 1. The van der Waals surface area contributed by atoms with Crippen molar-refractivity contribution in [3.8, 4) is 0 Å². The highest BCUT2D eigenvalue weighted by atomic mass is 16.2. The van der Waals surface area contributed by atoms with Gasteiger partial charge in [-0.1, -0.05) is 30.3 Å². The summed E-state index contributed by atoms with van der Waals surface area (Å²) in [7, 11) is 0. The molecule has 0 atom stereocenters. The van der Waals surface area contributed by atoms with Gasteiger partial charge in [-0.15, -0.1) is 0 Å². The van der Waals surface area contributed by atoms with Crippen molar-refractivity contribution in [1.29, 1.82) is 0 Å². The van der Waals surface area contributed by atoms with Gasteiger partial charge in [0.25, 0.3) is 0 Å². The van der Waals surface area contributed by atoms with Crippen molar-refractivity contribution in [1.82, 2.24) is 14.9 Å². The van der Waals surface area contributed by atoms with E-state index in [0.29, 0.717) is 13.1 Å². The standard InChI is InChI=1S/C24H28N6O/c31-24(27-21-9-8-19-6-2-3-7-20(19)16-21)30-14-12-29(13-15-30)23-17-22(25-18-26-23)28-10-4-1-5-11-28/h2-3,6-9,16-18H,1,4-5,10-15H2,(H,27,31). The number of nitrogens with zero attached hydrogens (tertiary/aromatic N) is 5. The van der Waals surface area contributed by atoms with Gasteiger partial charge in [-0.25, -0.2) is 14.8 Å². The molecular weight excluding hydrogens is 388 g/mol.